The molecule has 0 saturated heterocycles. The molecule has 64 heavy (non-hydrogen) atoms. The number of aliphatic hydroxyl groups is 1. The molecule has 0 radical (unpaired) electrons. The highest BCUT2D eigenvalue weighted by Gasteiger charge is 2.38. The molecule has 3 heterocycles. The largest absolute Gasteiger partial charge is 0.506 e. The Morgan fingerprint density at radius 1 is 0.609 bits per heavy atom. The number of fused-ring (bicyclic) bond motifs is 2. The molecule has 2 N–H and O–H groups in total. The van der Waals surface area contributed by atoms with Crippen molar-refractivity contribution >= 4 is 90.0 Å². The van der Waals surface area contributed by atoms with Gasteiger partial charge in [-0.05, 0) is 129 Å². The first-order chi connectivity index (χ1) is 31.1. The molecule has 11 rings (SSSR count). The third kappa shape index (κ3) is 7.13. The van der Waals surface area contributed by atoms with E-state index in [1.807, 2.05) is 6.07 Å². The number of nitrogens with zero attached hydrogens (tertiary/aromatic N) is 2. The van der Waals surface area contributed by atoms with E-state index in [4.69, 9.17) is 0 Å². The van der Waals surface area contributed by atoms with Crippen LogP contribution in [0, 0.1) is 27.7 Å². The van der Waals surface area contributed by atoms with Gasteiger partial charge in [0.1, 0.15) is 5.76 Å². The number of hydrogen-bond acceptors (Lipinski definition) is 5. The summed E-state index contributed by atoms with van der Waals surface area (Å²) in [6.07, 6.45) is 11.5. The van der Waals surface area contributed by atoms with Gasteiger partial charge in [0.2, 0.25) is 22.9 Å². The maximum absolute atomic E-state index is 13.7. The highest BCUT2D eigenvalue weighted by molar-refractivity contribution is 7.22. The molecule has 7 heteroatoms. The smallest absolute Gasteiger partial charge is 0.211 e. The number of rotatable bonds is 7. The summed E-state index contributed by atoms with van der Waals surface area (Å²) in [6, 6.07) is 49.6. The summed E-state index contributed by atoms with van der Waals surface area (Å²) in [7, 11) is 0. The lowest BCUT2D eigenvalue weighted by Gasteiger charge is -2.26. The lowest BCUT2D eigenvalue weighted by atomic mass is 9.82. The number of Topliss-reactive ketones (excluding diaryl/α,β-unsaturated/α-hetero) is 1. The van der Waals surface area contributed by atoms with Gasteiger partial charge in [0.25, 0.3) is 0 Å². The van der Waals surface area contributed by atoms with Crippen LogP contribution in [-0.2, 0) is 11.2 Å². The molecule has 310 valence electrons. The van der Waals surface area contributed by atoms with Crippen molar-refractivity contribution in [2.45, 2.75) is 34.1 Å². The number of anilines is 3. The van der Waals surface area contributed by atoms with Crippen LogP contribution in [0.3, 0.4) is 0 Å². The normalized spacial score (nSPS) is 15.5. The Morgan fingerprint density at radius 3 is 1.66 bits per heavy atom. The molecule has 3 aliphatic carbocycles. The van der Waals surface area contributed by atoms with Crippen molar-refractivity contribution in [3.8, 4) is 10.4 Å². The van der Waals surface area contributed by atoms with Gasteiger partial charge >= 0.3 is 0 Å². The van der Waals surface area contributed by atoms with Crippen molar-refractivity contribution in [3.63, 3.8) is 0 Å². The summed E-state index contributed by atoms with van der Waals surface area (Å²) in [6.45, 7) is 8.44. The number of aryl methyl sites for hydroxylation is 4. The molecule has 8 aromatic rings. The van der Waals surface area contributed by atoms with Crippen molar-refractivity contribution in [3.05, 3.63) is 223 Å². The molecular weight excluding hydrogens is 823 g/mol. The molecular formula is C57H44N3O2S2+. The number of aromatic nitrogens is 1. The Bertz CT molecular complexity index is 3340. The summed E-state index contributed by atoms with van der Waals surface area (Å²) < 4.78 is 5.64. The second-order valence-corrected chi connectivity index (χ2v) is 19.1. The Labute approximate surface area is 380 Å². The van der Waals surface area contributed by atoms with Crippen LogP contribution >= 0.6 is 22.7 Å². The van der Waals surface area contributed by atoms with E-state index in [1.165, 1.54) is 32.3 Å². The fourth-order valence-corrected chi connectivity index (χ4v) is 11.0. The minimum Gasteiger partial charge on any atom is -0.506 e. The summed E-state index contributed by atoms with van der Waals surface area (Å²) >= 11 is 3.40. The lowest BCUT2D eigenvalue weighted by Crippen LogP contribution is -2.23. The lowest BCUT2D eigenvalue weighted by molar-refractivity contribution is -0.111. The van der Waals surface area contributed by atoms with Gasteiger partial charge in [-0.15, -0.1) is 22.7 Å². The van der Waals surface area contributed by atoms with E-state index < -0.39 is 0 Å². The molecule has 0 aliphatic heterocycles. The van der Waals surface area contributed by atoms with Crippen LogP contribution in [0.2, 0.25) is 0 Å². The van der Waals surface area contributed by atoms with Gasteiger partial charge < -0.3 is 15.0 Å². The molecule has 0 amide bonds. The van der Waals surface area contributed by atoms with E-state index in [0.29, 0.717) is 23.3 Å². The van der Waals surface area contributed by atoms with Crippen molar-refractivity contribution in [1.29, 1.82) is 0 Å². The Morgan fingerprint density at radius 2 is 1.14 bits per heavy atom. The fraction of sp³-hybridized carbons (Fsp3) is 0.0877. The van der Waals surface area contributed by atoms with E-state index in [2.05, 4.69) is 206 Å². The van der Waals surface area contributed by atoms with Gasteiger partial charge in [-0.2, -0.15) is 4.58 Å². The highest BCUT2D eigenvalue weighted by atomic mass is 32.1. The number of benzene rings is 5. The summed E-state index contributed by atoms with van der Waals surface area (Å²) in [4.78, 5) is 20.6. The van der Waals surface area contributed by atoms with Crippen molar-refractivity contribution < 1.29 is 9.90 Å². The summed E-state index contributed by atoms with van der Waals surface area (Å²) in [5.74, 6) is -0.0387. The van der Waals surface area contributed by atoms with E-state index in [9.17, 15) is 9.90 Å². The summed E-state index contributed by atoms with van der Waals surface area (Å²) in [5, 5.41) is 11.4. The number of allylic oxidation sites excluding steroid dienone is 7. The van der Waals surface area contributed by atoms with Gasteiger partial charge in [-0.1, -0.05) is 82.9 Å². The predicted molar refractivity (Wildman–Crippen MR) is 270 cm³/mol. The number of H-pyrrole nitrogens is 1. The van der Waals surface area contributed by atoms with Crippen LogP contribution in [0.1, 0.15) is 33.5 Å². The van der Waals surface area contributed by atoms with Crippen LogP contribution in [0.4, 0.5) is 28.4 Å². The highest BCUT2D eigenvalue weighted by Crippen LogP contribution is 2.43. The van der Waals surface area contributed by atoms with Crippen LogP contribution in [0.25, 0.3) is 37.9 Å². The first kappa shape index (κ1) is 39.5. The van der Waals surface area contributed by atoms with E-state index in [-0.39, 0.29) is 11.5 Å². The zero-order valence-corrected chi connectivity index (χ0v) is 37.6. The molecule has 0 saturated carbocycles. The Kier molecular flexibility index (Phi) is 9.75. The quantitative estimate of drug-likeness (QED) is 0.124. The molecule has 3 aromatic heterocycles. The van der Waals surface area contributed by atoms with E-state index in [1.54, 1.807) is 22.7 Å². The maximum atomic E-state index is 13.7. The topological polar surface area (TPSA) is 59.3 Å². The van der Waals surface area contributed by atoms with Crippen molar-refractivity contribution in [2.75, 3.05) is 4.90 Å². The molecule has 0 fully saturated rings. The minimum atomic E-state index is -0.113. The summed E-state index contributed by atoms with van der Waals surface area (Å²) in [5.41, 5.74) is 18.2. The van der Waals surface area contributed by atoms with Gasteiger partial charge in [-0.3, -0.25) is 4.79 Å². The van der Waals surface area contributed by atoms with E-state index >= 15 is 0 Å². The number of aliphatic hydroxyl groups excluding tert-OH is 1. The van der Waals surface area contributed by atoms with Crippen molar-refractivity contribution in [1.82, 2.24) is 9.56 Å². The van der Waals surface area contributed by atoms with Gasteiger partial charge in [-0.25, -0.2) is 0 Å². The van der Waals surface area contributed by atoms with Crippen LogP contribution in [0.15, 0.2) is 181 Å². The number of hydrogen-bond donors (Lipinski definition) is 2. The molecule has 0 unspecified atom stereocenters. The van der Waals surface area contributed by atoms with E-state index in [0.717, 1.165) is 70.5 Å². The van der Waals surface area contributed by atoms with Crippen LogP contribution in [-0.4, -0.2) is 21.6 Å². The molecule has 0 spiro atoms. The maximum Gasteiger partial charge on any atom is 0.211 e. The molecule has 0 bridgehead atoms. The monoisotopic (exact) mass is 866 g/mol. The average Bonchev–Trinajstić information content (AvgIpc) is 4.08. The first-order valence-electron chi connectivity index (χ1n) is 21.5. The van der Waals surface area contributed by atoms with Crippen LogP contribution in [0.5, 0.6) is 0 Å². The molecule has 5 aromatic carbocycles. The second kappa shape index (κ2) is 15.8. The number of aromatic amines is 1. The first-order valence-corrected chi connectivity index (χ1v) is 23.2. The minimum absolute atomic E-state index is 0.0744. The zero-order chi connectivity index (χ0) is 43.6. The number of thiophene rings is 2. The van der Waals surface area contributed by atoms with Gasteiger partial charge in [0.05, 0.1) is 27.1 Å². The van der Waals surface area contributed by atoms with Gasteiger partial charge in [0, 0.05) is 67.4 Å². The third-order valence-electron chi connectivity index (χ3n) is 12.3. The molecule has 5 nitrogen and oxygen atoms in total. The molecule has 3 aliphatic rings. The number of ketones is 1. The SMILES string of the molecule is Cc1ccc(N(c2ccc(C)cc2)c2ccc(-c3cc4[nH]c(C5=C(O)C(=C6C=c7sc(=C8C=CC(=[N+](c9ccc(C)cc9)c9ccc(C)cc9)C=C8)cc7C6)C5=O)cc4s3)cc2)cc1. The number of carbonyl (C=O) groups is 1. The third-order valence-corrected chi connectivity index (χ3v) is 14.6. The number of nitrogens with one attached hydrogen (secondary N) is 1. The Balaban J connectivity index is 0.834. The second-order valence-electron chi connectivity index (χ2n) is 17.0. The Hall–Kier alpha value is -7.32. The standard InChI is InChI=1S/C57H43N3O2S2/c1-34-5-17-42(18-6-34)59(43-19-7-35(2)8-20-43)46-25-13-38(14-26-46)50-30-40-29-41(31-51(40)63-50)54-56(61)55(57(54)62)49-33-53-48(58-49)32-52(64-53)39-15-27-47(28-16-39)60(44-21-9-36(3)10-22-44)45-23-11-37(4)12-24-45/h5-28,30-33H,29H2,1-4H3,(H,61,62)/p+1. The fourth-order valence-electron chi connectivity index (χ4n) is 8.79. The van der Waals surface area contributed by atoms with Crippen molar-refractivity contribution in [2.24, 2.45) is 0 Å². The van der Waals surface area contributed by atoms with Gasteiger partial charge in [0.15, 0.2) is 0 Å². The zero-order valence-electron chi connectivity index (χ0n) is 35.9. The molecule has 0 atom stereocenters. The average molecular weight is 867 g/mol. The predicted octanol–water partition coefficient (Wildman–Crippen LogP) is 13.1. The number of carbonyl (C=O) groups excluding carboxylic acids is 1. The van der Waals surface area contributed by atoms with Crippen LogP contribution < -0.4 is 18.5 Å².